The average Bonchev–Trinajstić information content (AvgIpc) is 2.53. The first-order chi connectivity index (χ1) is 11.5. The third-order valence-corrected chi connectivity index (χ3v) is 4.76. The third kappa shape index (κ3) is 6.01. The van der Waals surface area contributed by atoms with Gasteiger partial charge in [0, 0.05) is 39.8 Å². The van der Waals surface area contributed by atoms with Gasteiger partial charge in [-0.05, 0) is 12.1 Å². The van der Waals surface area contributed by atoms with Gasteiger partial charge in [0.1, 0.15) is 0 Å². The van der Waals surface area contributed by atoms with Crippen molar-refractivity contribution in [2.24, 2.45) is 0 Å². The number of benzene rings is 1. The van der Waals surface area contributed by atoms with Crippen LogP contribution in [0.2, 0.25) is 0 Å². The largest absolute Gasteiger partial charge is 0.308 e. The highest BCUT2D eigenvalue weighted by molar-refractivity contribution is 9.10. The van der Waals surface area contributed by atoms with E-state index >= 15 is 0 Å². The summed E-state index contributed by atoms with van der Waals surface area (Å²) in [6, 6.07) is 7.25. The number of rotatable bonds is 4. The third-order valence-electron chi connectivity index (χ3n) is 2.81. The van der Waals surface area contributed by atoms with Crippen molar-refractivity contribution >= 4 is 103 Å². The van der Waals surface area contributed by atoms with Crippen LogP contribution >= 0.6 is 97.4 Å². The van der Waals surface area contributed by atoms with Crippen molar-refractivity contribution in [1.82, 2.24) is 15.0 Å². The molecule has 0 unspecified atom stereocenters. The lowest BCUT2D eigenvalue weighted by molar-refractivity contribution is 0.851. The van der Waals surface area contributed by atoms with Gasteiger partial charge in [0.2, 0.25) is 7.59 Å². The molecule has 2 rings (SSSR count). The molecule has 0 fully saturated rings. The highest BCUT2D eigenvalue weighted by Gasteiger charge is 2.34. The summed E-state index contributed by atoms with van der Waals surface area (Å²) in [5.74, 6) is 0.346. The minimum atomic E-state index is -1.90. The Hall–Kier alpha value is 0.540. The number of nitrogens with zero attached hydrogens (tertiary/aromatic N) is 4. The Kier molecular flexibility index (Phi) is 7.60. The summed E-state index contributed by atoms with van der Waals surface area (Å²) in [5.41, 5.74) is 1.44. The molecule has 4 nitrogen and oxygen atoms in total. The number of hydrogen-bond acceptors (Lipinski definition) is 4. The molecule has 0 aliphatic rings. The topological polar surface area (TPSA) is 41.9 Å². The number of aromatic nitrogens is 3. The van der Waals surface area contributed by atoms with Gasteiger partial charge in [-0.2, -0.15) is 0 Å². The summed E-state index contributed by atoms with van der Waals surface area (Å²) in [5, 5.41) is 0. The molecule has 136 valence electrons. The zero-order chi connectivity index (χ0) is 18.8. The zero-order valence-corrected chi connectivity index (χ0v) is 18.9. The van der Waals surface area contributed by atoms with Crippen LogP contribution in [0.1, 0.15) is 11.6 Å². The summed E-state index contributed by atoms with van der Waals surface area (Å²) in [6.07, 6.45) is 0. The predicted molar refractivity (Wildman–Crippen MR) is 111 cm³/mol. The van der Waals surface area contributed by atoms with Crippen LogP contribution in [0.5, 0.6) is 0 Å². The number of halogens is 8. The van der Waals surface area contributed by atoms with Crippen LogP contribution in [0.15, 0.2) is 24.3 Å². The summed E-state index contributed by atoms with van der Waals surface area (Å²) in [4.78, 5) is 12.3. The van der Waals surface area contributed by atoms with E-state index in [9.17, 15) is 0 Å². The van der Waals surface area contributed by atoms with Gasteiger partial charge in [0.05, 0.1) is 0 Å². The second-order valence-electron chi connectivity index (χ2n) is 4.63. The lowest BCUT2D eigenvalue weighted by atomic mass is 10.2. The normalized spacial score (nSPS) is 12.3. The molecular formula is C13H8BrCl7N4. The Morgan fingerprint density at radius 2 is 1.48 bits per heavy atom. The minimum absolute atomic E-state index is 0.148. The van der Waals surface area contributed by atoms with Crippen molar-refractivity contribution in [1.29, 1.82) is 0 Å². The molecule has 2 aromatic rings. The van der Waals surface area contributed by atoms with E-state index < -0.39 is 7.59 Å². The van der Waals surface area contributed by atoms with E-state index in [4.69, 9.17) is 81.2 Å². The lowest BCUT2D eigenvalue weighted by Gasteiger charge is -2.17. The minimum Gasteiger partial charge on any atom is -0.308 e. The van der Waals surface area contributed by atoms with E-state index in [0.29, 0.717) is 18.0 Å². The van der Waals surface area contributed by atoms with Crippen LogP contribution in [-0.4, -0.2) is 27.4 Å². The van der Waals surface area contributed by atoms with Crippen molar-refractivity contribution in [2.45, 2.75) is 7.59 Å². The molecule has 0 radical (unpaired) electrons. The Morgan fingerprint density at radius 3 is 1.96 bits per heavy atom. The van der Waals surface area contributed by atoms with Crippen LogP contribution < -0.4 is 3.93 Å². The second kappa shape index (κ2) is 8.70. The van der Waals surface area contributed by atoms with E-state index in [2.05, 4.69) is 31.1 Å². The van der Waals surface area contributed by atoms with Gasteiger partial charge < -0.3 is 3.93 Å². The van der Waals surface area contributed by atoms with Crippen LogP contribution in [-0.2, 0) is 7.59 Å². The number of anilines is 1. The van der Waals surface area contributed by atoms with Gasteiger partial charge in [0.25, 0.3) is 0 Å². The maximum Gasteiger partial charge on any atom is 0.250 e. The second-order valence-corrected chi connectivity index (χ2v) is 10.4. The summed E-state index contributed by atoms with van der Waals surface area (Å²) in [7, 11) is 0. The molecule has 0 N–H and O–H groups in total. The van der Waals surface area contributed by atoms with Crippen LogP contribution in [0.25, 0.3) is 11.4 Å². The molecule has 0 saturated heterocycles. The quantitative estimate of drug-likeness (QED) is 0.321. The SMILES string of the molecule is ClCCN(Br)c1cccc(-c2nc(C(Cl)(Cl)Cl)nc(C(Cl)(Cl)Cl)n2)c1. The molecule has 1 heterocycles. The molecule has 25 heavy (non-hydrogen) atoms. The first-order valence-corrected chi connectivity index (χ1v) is 10.0. The fraction of sp³-hybridized carbons (Fsp3) is 0.308. The molecule has 0 aliphatic heterocycles. The fourth-order valence-corrected chi connectivity index (χ4v) is 3.04. The van der Waals surface area contributed by atoms with Gasteiger partial charge in [-0.25, -0.2) is 15.0 Å². The Morgan fingerprint density at radius 1 is 0.920 bits per heavy atom. The van der Waals surface area contributed by atoms with Crippen molar-refractivity contribution < 1.29 is 0 Å². The number of alkyl halides is 7. The van der Waals surface area contributed by atoms with Crippen LogP contribution in [0.4, 0.5) is 5.69 Å². The first-order valence-electron chi connectivity index (χ1n) is 6.52. The van der Waals surface area contributed by atoms with Gasteiger partial charge in [0.15, 0.2) is 17.5 Å². The predicted octanol–water partition coefficient (Wildman–Crippen LogP) is 6.55. The Balaban J connectivity index is 2.57. The van der Waals surface area contributed by atoms with Crippen molar-refractivity contribution in [3.05, 3.63) is 35.9 Å². The molecule has 0 spiro atoms. The van der Waals surface area contributed by atoms with E-state index in [-0.39, 0.29) is 17.5 Å². The molecule has 0 atom stereocenters. The van der Waals surface area contributed by atoms with Crippen LogP contribution in [0, 0.1) is 0 Å². The number of hydrogen-bond donors (Lipinski definition) is 0. The molecule has 0 aliphatic carbocycles. The lowest BCUT2D eigenvalue weighted by Crippen LogP contribution is -2.17. The summed E-state index contributed by atoms with van der Waals surface area (Å²) >= 11 is 44.5. The standard InChI is InChI=1S/C13H8BrCl7N4/c14-25(5-4-15)8-3-1-2-7(6-8)9-22-10(12(16,17)18)24-11(23-9)13(19,20)21/h1-3,6H,4-5H2. The highest BCUT2D eigenvalue weighted by atomic mass is 79.9. The molecule has 1 aromatic heterocycles. The fourth-order valence-electron chi connectivity index (χ4n) is 1.76. The van der Waals surface area contributed by atoms with Crippen molar-refractivity contribution in [2.75, 3.05) is 16.4 Å². The van der Waals surface area contributed by atoms with Gasteiger partial charge in [-0.15, -0.1) is 11.6 Å². The van der Waals surface area contributed by atoms with Gasteiger partial charge >= 0.3 is 0 Å². The molecule has 0 amide bonds. The highest BCUT2D eigenvalue weighted by Crippen LogP contribution is 2.40. The van der Waals surface area contributed by atoms with E-state index in [1.165, 1.54) is 0 Å². The maximum absolute atomic E-state index is 5.88. The van der Waals surface area contributed by atoms with Gasteiger partial charge in [-0.3, -0.25) is 0 Å². The molecule has 0 saturated carbocycles. The van der Waals surface area contributed by atoms with E-state index in [1.807, 2.05) is 6.07 Å². The van der Waals surface area contributed by atoms with Crippen molar-refractivity contribution in [3.8, 4) is 11.4 Å². The summed E-state index contributed by atoms with van der Waals surface area (Å²) < 4.78 is -2.02. The van der Waals surface area contributed by atoms with E-state index in [0.717, 1.165) is 5.69 Å². The Bertz CT molecular complexity index is 716. The average molecular weight is 548 g/mol. The zero-order valence-electron chi connectivity index (χ0n) is 12.0. The first kappa shape index (κ1) is 21.8. The Labute approximate surface area is 188 Å². The molecule has 1 aromatic carbocycles. The van der Waals surface area contributed by atoms with Crippen molar-refractivity contribution in [3.63, 3.8) is 0 Å². The summed E-state index contributed by atoms with van der Waals surface area (Å²) in [6.45, 7) is 0.584. The molecule has 0 bridgehead atoms. The maximum atomic E-state index is 5.88. The van der Waals surface area contributed by atoms with Crippen LogP contribution in [0.3, 0.4) is 0 Å². The van der Waals surface area contributed by atoms with Gasteiger partial charge in [-0.1, -0.05) is 81.7 Å². The molecule has 12 heteroatoms. The smallest absolute Gasteiger partial charge is 0.250 e. The van der Waals surface area contributed by atoms with E-state index in [1.54, 1.807) is 22.1 Å². The monoisotopic (exact) mass is 544 g/mol. The molecular weight excluding hydrogens is 540 g/mol.